The van der Waals surface area contributed by atoms with Gasteiger partial charge in [-0.25, -0.2) is 9.78 Å². The lowest BCUT2D eigenvalue weighted by molar-refractivity contribution is 0.217. The average molecular weight is 324 g/mol. The smallest absolute Gasteiger partial charge is 0.315 e. The monoisotopic (exact) mass is 324 g/mol. The maximum absolute atomic E-state index is 12.0. The van der Waals surface area contributed by atoms with Crippen LogP contribution in [0, 0.1) is 0 Å². The maximum atomic E-state index is 12.0. The van der Waals surface area contributed by atoms with Crippen molar-refractivity contribution in [2.75, 3.05) is 13.2 Å². The van der Waals surface area contributed by atoms with Crippen LogP contribution in [0.25, 0.3) is 11.0 Å². The van der Waals surface area contributed by atoms with Crippen molar-refractivity contribution in [2.45, 2.75) is 12.5 Å². The summed E-state index contributed by atoms with van der Waals surface area (Å²) in [5.74, 6) is 0.832. The van der Waals surface area contributed by atoms with Crippen LogP contribution in [-0.4, -0.2) is 34.3 Å². The van der Waals surface area contributed by atoms with Gasteiger partial charge in [-0.3, -0.25) is 0 Å². The Labute approximate surface area is 139 Å². The molecule has 3 aromatic rings. The van der Waals surface area contributed by atoms with E-state index in [-0.39, 0.29) is 12.6 Å². The van der Waals surface area contributed by atoms with Gasteiger partial charge in [0.2, 0.25) is 0 Å². The molecule has 0 aliphatic carbocycles. The summed E-state index contributed by atoms with van der Waals surface area (Å²) in [4.78, 5) is 19.7. The van der Waals surface area contributed by atoms with E-state index in [1.807, 2.05) is 54.6 Å². The number of H-pyrrole nitrogens is 1. The number of hydrogen-bond donors (Lipinski definition) is 4. The first-order chi connectivity index (χ1) is 11.8. The minimum Gasteiger partial charge on any atom is -0.394 e. The Hall–Kier alpha value is -2.86. The SMILES string of the molecule is O=C(NCCc1nc2ccccc2[nH]1)NC(CO)c1ccccc1. The molecule has 1 heterocycles. The molecule has 24 heavy (non-hydrogen) atoms. The number of carbonyl (C=O) groups excluding carboxylic acids is 1. The zero-order chi connectivity index (χ0) is 16.8. The van der Waals surface area contributed by atoms with Gasteiger partial charge in [-0.05, 0) is 17.7 Å². The van der Waals surface area contributed by atoms with Gasteiger partial charge in [0.25, 0.3) is 0 Å². The Morgan fingerprint density at radius 2 is 1.88 bits per heavy atom. The fourth-order valence-electron chi connectivity index (χ4n) is 2.55. The van der Waals surface area contributed by atoms with Gasteiger partial charge >= 0.3 is 6.03 Å². The molecule has 0 bridgehead atoms. The van der Waals surface area contributed by atoms with E-state index in [1.54, 1.807) is 0 Å². The summed E-state index contributed by atoms with van der Waals surface area (Å²) < 4.78 is 0. The van der Waals surface area contributed by atoms with Crippen LogP contribution in [0.4, 0.5) is 4.79 Å². The molecule has 6 nitrogen and oxygen atoms in total. The van der Waals surface area contributed by atoms with Crippen LogP contribution in [-0.2, 0) is 6.42 Å². The molecule has 2 aromatic carbocycles. The number of fused-ring (bicyclic) bond motifs is 1. The molecule has 1 aromatic heterocycles. The number of imidazole rings is 1. The first-order valence-corrected chi connectivity index (χ1v) is 7.90. The van der Waals surface area contributed by atoms with Gasteiger partial charge in [-0.15, -0.1) is 0 Å². The summed E-state index contributed by atoms with van der Waals surface area (Å²) in [6.45, 7) is 0.305. The van der Waals surface area contributed by atoms with E-state index >= 15 is 0 Å². The summed E-state index contributed by atoms with van der Waals surface area (Å²) in [5, 5.41) is 15.0. The third-order valence-corrected chi connectivity index (χ3v) is 3.78. The second-order valence-electron chi connectivity index (χ2n) is 5.50. The molecule has 2 amide bonds. The second-order valence-corrected chi connectivity index (χ2v) is 5.50. The molecular weight excluding hydrogens is 304 g/mol. The van der Waals surface area contributed by atoms with Crippen molar-refractivity contribution in [2.24, 2.45) is 0 Å². The number of carbonyl (C=O) groups is 1. The topological polar surface area (TPSA) is 90.0 Å². The Morgan fingerprint density at radius 3 is 2.62 bits per heavy atom. The minimum atomic E-state index is -0.419. The number of nitrogens with zero attached hydrogens (tertiary/aromatic N) is 1. The molecular formula is C18H20N4O2. The molecule has 0 fully saturated rings. The normalized spacial score (nSPS) is 12.0. The van der Waals surface area contributed by atoms with Crippen LogP contribution >= 0.6 is 0 Å². The zero-order valence-electron chi connectivity index (χ0n) is 13.2. The van der Waals surface area contributed by atoms with E-state index in [4.69, 9.17) is 0 Å². The van der Waals surface area contributed by atoms with Gasteiger partial charge in [-0.1, -0.05) is 42.5 Å². The summed E-state index contributed by atoms with van der Waals surface area (Å²) >= 11 is 0. The Morgan fingerprint density at radius 1 is 1.12 bits per heavy atom. The van der Waals surface area contributed by atoms with Crippen molar-refractivity contribution in [1.82, 2.24) is 20.6 Å². The molecule has 0 spiro atoms. The Kier molecular flexibility index (Phi) is 5.08. The number of para-hydroxylation sites is 2. The number of aliphatic hydroxyl groups excluding tert-OH is 1. The van der Waals surface area contributed by atoms with Crippen molar-refractivity contribution in [3.8, 4) is 0 Å². The highest BCUT2D eigenvalue weighted by molar-refractivity contribution is 5.75. The zero-order valence-corrected chi connectivity index (χ0v) is 13.2. The van der Waals surface area contributed by atoms with Gasteiger partial charge in [-0.2, -0.15) is 0 Å². The first kappa shape index (κ1) is 16.0. The van der Waals surface area contributed by atoms with Crippen molar-refractivity contribution in [1.29, 1.82) is 0 Å². The van der Waals surface area contributed by atoms with Crippen molar-refractivity contribution in [3.63, 3.8) is 0 Å². The van der Waals surface area contributed by atoms with Gasteiger partial charge < -0.3 is 20.7 Å². The van der Waals surface area contributed by atoms with Crippen LogP contribution < -0.4 is 10.6 Å². The van der Waals surface area contributed by atoms with Gasteiger partial charge in [0.15, 0.2) is 0 Å². The number of urea groups is 1. The summed E-state index contributed by atoms with van der Waals surface area (Å²) in [7, 11) is 0. The largest absolute Gasteiger partial charge is 0.394 e. The number of benzene rings is 2. The number of aromatic nitrogens is 2. The predicted octanol–water partition coefficient (Wildman–Crippen LogP) is 2.14. The van der Waals surface area contributed by atoms with E-state index in [2.05, 4.69) is 20.6 Å². The van der Waals surface area contributed by atoms with Crippen LogP contribution in [0.5, 0.6) is 0 Å². The Bertz CT molecular complexity index is 768. The highest BCUT2D eigenvalue weighted by Gasteiger charge is 2.13. The molecule has 0 radical (unpaired) electrons. The van der Waals surface area contributed by atoms with E-state index in [0.717, 1.165) is 22.4 Å². The molecule has 0 aliphatic heterocycles. The van der Waals surface area contributed by atoms with E-state index in [1.165, 1.54) is 0 Å². The molecule has 3 rings (SSSR count). The predicted molar refractivity (Wildman–Crippen MR) is 92.6 cm³/mol. The van der Waals surface area contributed by atoms with Gasteiger partial charge in [0.1, 0.15) is 5.82 Å². The quantitative estimate of drug-likeness (QED) is 0.560. The van der Waals surface area contributed by atoms with E-state index in [9.17, 15) is 9.90 Å². The van der Waals surface area contributed by atoms with Crippen LogP contribution in [0.15, 0.2) is 54.6 Å². The number of hydrogen-bond acceptors (Lipinski definition) is 3. The number of aromatic amines is 1. The van der Waals surface area contributed by atoms with Crippen molar-refractivity contribution in [3.05, 3.63) is 66.0 Å². The first-order valence-electron chi connectivity index (χ1n) is 7.90. The lowest BCUT2D eigenvalue weighted by Gasteiger charge is -2.17. The van der Waals surface area contributed by atoms with E-state index < -0.39 is 6.04 Å². The van der Waals surface area contributed by atoms with Crippen LogP contribution in [0.3, 0.4) is 0 Å². The number of amides is 2. The molecule has 0 saturated heterocycles. The number of aliphatic hydroxyl groups is 1. The average Bonchev–Trinajstić information content (AvgIpc) is 3.03. The van der Waals surface area contributed by atoms with Gasteiger partial charge in [0, 0.05) is 13.0 Å². The highest BCUT2D eigenvalue weighted by Crippen LogP contribution is 2.11. The fourth-order valence-corrected chi connectivity index (χ4v) is 2.55. The molecule has 6 heteroatoms. The van der Waals surface area contributed by atoms with Crippen molar-refractivity contribution < 1.29 is 9.90 Å². The molecule has 1 unspecified atom stereocenters. The van der Waals surface area contributed by atoms with E-state index in [0.29, 0.717) is 13.0 Å². The molecule has 4 N–H and O–H groups in total. The fraction of sp³-hybridized carbons (Fsp3) is 0.222. The molecule has 1 atom stereocenters. The summed E-state index contributed by atoms with van der Waals surface area (Å²) in [5.41, 5.74) is 2.77. The van der Waals surface area contributed by atoms with Crippen LogP contribution in [0.1, 0.15) is 17.4 Å². The Balaban J connectivity index is 1.50. The standard InChI is InChI=1S/C18H20N4O2/c23-12-16(13-6-2-1-3-7-13)22-18(24)19-11-10-17-20-14-8-4-5-9-15(14)21-17/h1-9,16,23H,10-12H2,(H,20,21)(H2,19,22,24). The summed E-state index contributed by atoms with van der Waals surface area (Å²) in [6, 6.07) is 16.5. The number of nitrogens with one attached hydrogen (secondary N) is 3. The third kappa shape index (κ3) is 3.91. The second kappa shape index (κ2) is 7.61. The van der Waals surface area contributed by atoms with Gasteiger partial charge in [0.05, 0.1) is 23.7 Å². The number of rotatable bonds is 6. The molecule has 0 aliphatic rings. The molecule has 0 saturated carbocycles. The maximum Gasteiger partial charge on any atom is 0.315 e. The molecule has 124 valence electrons. The summed E-state index contributed by atoms with van der Waals surface area (Å²) in [6.07, 6.45) is 0.608. The van der Waals surface area contributed by atoms with Crippen molar-refractivity contribution >= 4 is 17.1 Å². The highest BCUT2D eigenvalue weighted by atomic mass is 16.3. The lowest BCUT2D eigenvalue weighted by Crippen LogP contribution is -2.40. The minimum absolute atomic E-state index is 0.152. The van der Waals surface area contributed by atoms with Crippen LogP contribution in [0.2, 0.25) is 0 Å². The third-order valence-electron chi connectivity index (χ3n) is 3.78. The lowest BCUT2D eigenvalue weighted by atomic mass is 10.1.